The van der Waals surface area contributed by atoms with Crippen LogP contribution in [0, 0.1) is 5.82 Å². The topological polar surface area (TPSA) is 60.2 Å². The van der Waals surface area contributed by atoms with E-state index in [4.69, 9.17) is 9.26 Å². The number of hydrogen-bond acceptors (Lipinski definition) is 5. The van der Waals surface area contributed by atoms with Gasteiger partial charge in [0.1, 0.15) is 11.6 Å². The SMILES string of the molecule is Fc1ccc(OCc2nc([C@@H]3CCNC3)no2)cc1. The molecule has 19 heavy (non-hydrogen) atoms. The predicted octanol–water partition coefficient (Wildman–Crippen LogP) is 1.86. The Labute approximate surface area is 109 Å². The Kier molecular flexibility index (Phi) is 3.41. The normalized spacial score (nSPS) is 18.7. The van der Waals surface area contributed by atoms with Crippen LogP contribution < -0.4 is 10.1 Å². The second kappa shape index (κ2) is 5.36. The van der Waals surface area contributed by atoms with Crippen molar-refractivity contribution in [1.29, 1.82) is 0 Å². The van der Waals surface area contributed by atoms with Gasteiger partial charge in [-0.15, -0.1) is 0 Å². The van der Waals surface area contributed by atoms with Gasteiger partial charge < -0.3 is 14.6 Å². The van der Waals surface area contributed by atoms with E-state index in [1.165, 1.54) is 12.1 Å². The molecule has 5 nitrogen and oxygen atoms in total. The maximum atomic E-state index is 12.7. The largest absolute Gasteiger partial charge is 0.484 e. The molecule has 2 heterocycles. The lowest BCUT2D eigenvalue weighted by molar-refractivity contribution is 0.242. The standard InChI is InChI=1S/C13H14FN3O2/c14-10-1-3-11(4-2-10)18-8-12-16-13(17-19-12)9-5-6-15-7-9/h1-4,9,15H,5-8H2/t9-/m1/s1. The minimum absolute atomic E-state index is 0.193. The lowest BCUT2D eigenvalue weighted by atomic mass is 10.1. The van der Waals surface area contributed by atoms with E-state index >= 15 is 0 Å². The van der Waals surface area contributed by atoms with Crippen molar-refractivity contribution in [3.8, 4) is 5.75 Å². The molecule has 3 rings (SSSR count). The Bertz CT molecular complexity index is 535. The van der Waals surface area contributed by atoms with Crippen molar-refractivity contribution in [2.24, 2.45) is 0 Å². The fourth-order valence-electron chi connectivity index (χ4n) is 2.04. The molecule has 1 aromatic carbocycles. The third-order valence-electron chi connectivity index (χ3n) is 3.09. The molecule has 0 spiro atoms. The van der Waals surface area contributed by atoms with Gasteiger partial charge in [-0.3, -0.25) is 0 Å². The van der Waals surface area contributed by atoms with Gasteiger partial charge in [-0.25, -0.2) is 4.39 Å². The number of benzene rings is 1. The molecule has 0 unspecified atom stereocenters. The van der Waals surface area contributed by atoms with Crippen LogP contribution in [0.2, 0.25) is 0 Å². The van der Waals surface area contributed by atoms with Crippen molar-refractivity contribution in [1.82, 2.24) is 15.5 Å². The Morgan fingerprint density at radius 1 is 1.37 bits per heavy atom. The van der Waals surface area contributed by atoms with Crippen molar-refractivity contribution in [2.75, 3.05) is 13.1 Å². The zero-order valence-electron chi connectivity index (χ0n) is 10.3. The van der Waals surface area contributed by atoms with Crippen LogP contribution in [0.5, 0.6) is 5.75 Å². The summed E-state index contributed by atoms with van der Waals surface area (Å²) in [5, 5.41) is 7.21. The van der Waals surface area contributed by atoms with Crippen LogP contribution in [-0.2, 0) is 6.61 Å². The number of ether oxygens (including phenoxy) is 1. The van der Waals surface area contributed by atoms with E-state index in [-0.39, 0.29) is 12.4 Å². The summed E-state index contributed by atoms with van der Waals surface area (Å²) in [6, 6.07) is 5.82. The Hall–Kier alpha value is -1.95. The molecule has 100 valence electrons. The van der Waals surface area contributed by atoms with Crippen molar-refractivity contribution < 1.29 is 13.7 Å². The lowest BCUT2D eigenvalue weighted by Crippen LogP contribution is -2.08. The first-order chi connectivity index (χ1) is 9.31. The summed E-state index contributed by atoms with van der Waals surface area (Å²) < 4.78 is 23.3. The highest BCUT2D eigenvalue weighted by Crippen LogP contribution is 2.19. The van der Waals surface area contributed by atoms with Gasteiger partial charge in [-0.1, -0.05) is 5.16 Å². The van der Waals surface area contributed by atoms with E-state index in [2.05, 4.69) is 15.5 Å². The van der Waals surface area contributed by atoms with Crippen molar-refractivity contribution >= 4 is 0 Å². The Morgan fingerprint density at radius 3 is 2.95 bits per heavy atom. The van der Waals surface area contributed by atoms with E-state index in [0.717, 1.165) is 25.3 Å². The van der Waals surface area contributed by atoms with E-state index in [1.54, 1.807) is 12.1 Å². The van der Waals surface area contributed by atoms with Crippen molar-refractivity contribution in [2.45, 2.75) is 18.9 Å². The first kappa shape index (κ1) is 12.1. The fraction of sp³-hybridized carbons (Fsp3) is 0.385. The van der Waals surface area contributed by atoms with Gasteiger partial charge >= 0.3 is 0 Å². The fourth-order valence-corrected chi connectivity index (χ4v) is 2.04. The minimum atomic E-state index is -0.291. The third-order valence-corrected chi connectivity index (χ3v) is 3.09. The molecule has 0 amide bonds. The third kappa shape index (κ3) is 2.90. The maximum absolute atomic E-state index is 12.7. The lowest BCUT2D eigenvalue weighted by Gasteiger charge is -2.02. The van der Waals surface area contributed by atoms with Gasteiger partial charge in [-0.05, 0) is 37.2 Å². The molecule has 1 aliphatic rings. The number of halogens is 1. The summed E-state index contributed by atoms with van der Waals surface area (Å²) in [7, 11) is 0. The first-order valence-electron chi connectivity index (χ1n) is 6.23. The highest BCUT2D eigenvalue weighted by Gasteiger charge is 2.22. The van der Waals surface area contributed by atoms with E-state index in [9.17, 15) is 4.39 Å². The summed E-state index contributed by atoms with van der Waals surface area (Å²) >= 11 is 0. The van der Waals surface area contributed by atoms with Crippen LogP contribution in [0.15, 0.2) is 28.8 Å². The molecule has 1 N–H and O–H groups in total. The van der Waals surface area contributed by atoms with Crippen LogP contribution in [-0.4, -0.2) is 23.2 Å². The quantitative estimate of drug-likeness (QED) is 0.912. The molecule has 0 saturated carbocycles. The monoisotopic (exact) mass is 263 g/mol. The number of hydrogen-bond donors (Lipinski definition) is 1. The summed E-state index contributed by atoms with van der Waals surface area (Å²) in [4.78, 5) is 4.31. The maximum Gasteiger partial charge on any atom is 0.264 e. The average Bonchev–Trinajstić information content (AvgIpc) is 3.09. The van der Waals surface area contributed by atoms with Crippen molar-refractivity contribution in [3.63, 3.8) is 0 Å². The van der Waals surface area contributed by atoms with E-state index in [1.807, 2.05) is 0 Å². The van der Waals surface area contributed by atoms with Gasteiger partial charge in [0.25, 0.3) is 5.89 Å². The van der Waals surface area contributed by atoms with Gasteiger partial charge in [0.05, 0.1) is 0 Å². The molecule has 1 atom stereocenters. The van der Waals surface area contributed by atoms with Gasteiger partial charge in [0, 0.05) is 12.5 Å². The molecule has 0 aliphatic carbocycles. The molecule has 1 aliphatic heterocycles. The first-order valence-corrected chi connectivity index (χ1v) is 6.23. The highest BCUT2D eigenvalue weighted by atomic mass is 19.1. The highest BCUT2D eigenvalue weighted by molar-refractivity contribution is 5.22. The van der Waals surface area contributed by atoms with Crippen LogP contribution >= 0.6 is 0 Å². The molecule has 1 saturated heterocycles. The molecule has 1 aromatic heterocycles. The number of nitrogens with one attached hydrogen (secondary N) is 1. The smallest absolute Gasteiger partial charge is 0.264 e. The summed E-state index contributed by atoms with van der Waals surface area (Å²) in [5.74, 6) is 1.77. The zero-order valence-corrected chi connectivity index (χ0v) is 10.3. The summed E-state index contributed by atoms with van der Waals surface area (Å²) in [6.07, 6.45) is 1.03. The molecule has 1 fully saturated rings. The van der Waals surface area contributed by atoms with Crippen LogP contribution in [0.3, 0.4) is 0 Å². The van der Waals surface area contributed by atoms with Gasteiger partial charge in [-0.2, -0.15) is 4.98 Å². The molecular weight excluding hydrogens is 249 g/mol. The van der Waals surface area contributed by atoms with Crippen LogP contribution in [0.25, 0.3) is 0 Å². The molecule has 2 aromatic rings. The van der Waals surface area contributed by atoms with Gasteiger partial charge in [0.15, 0.2) is 12.4 Å². The zero-order chi connectivity index (χ0) is 13.1. The predicted molar refractivity (Wildman–Crippen MR) is 65.3 cm³/mol. The second-order valence-corrected chi connectivity index (χ2v) is 4.48. The Morgan fingerprint density at radius 2 is 2.21 bits per heavy atom. The van der Waals surface area contributed by atoms with Gasteiger partial charge in [0.2, 0.25) is 0 Å². The summed E-state index contributed by atoms with van der Waals surface area (Å²) in [6.45, 7) is 2.07. The number of aromatic nitrogens is 2. The average molecular weight is 263 g/mol. The molecular formula is C13H14FN3O2. The number of rotatable bonds is 4. The van der Waals surface area contributed by atoms with Crippen LogP contribution in [0.1, 0.15) is 24.1 Å². The van der Waals surface area contributed by atoms with E-state index < -0.39 is 0 Å². The van der Waals surface area contributed by atoms with E-state index in [0.29, 0.717) is 17.6 Å². The Balaban J connectivity index is 1.59. The second-order valence-electron chi connectivity index (χ2n) is 4.48. The summed E-state index contributed by atoms with van der Waals surface area (Å²) in [5.41, 5.74) is 0. The van der Waals surface area contributed by atoms with Crippen molar-refractivity contribution in [3.05, 3.63) is 41.8 Å². The van der Waals surface area contributed by atoms with Crippen LogP contribution in [0.4, 0.5) is 4.39 Å². The molecule has 0 bridgehead atoms. The number of nitrogens with zero attached hydrogens (tertiary/aromatic N) is 2. The molecule has 0 radical (unpaired) electrons. The minimum Gasteiger partial charge on any atom is -0.484 e. The molecule has 6 heteroatoms.